The Kier molecular flexibility index (Phi) is 7.76. The second-order valence-corrected chi connectivity index (χ2v) is 16.5. The SMILES string of the molecule is CC=C(C)C(=O)OCC12C(O)CC3(C)C(=CCC4C5(C)CCC(O)C(C)(CO)C5CCC43C)C1CC(C)(C)C(O)C2O. The van der Waals surface area contributed by atoms with E-state index in [4.69, 9.17) is 4.74 Å². The summed E-state index contributed by atoms with van der Waals surface area (Å²) in [6.07, 6.45) is 5.47. The van der Waals surface area contributed by atoms with E-state index in [9.17, 15) is 30.3 Å². The molecule has 0 aromatic carbocycles. The number of fused-ring (bicyclic) bond motifs is 7. The van der Waals surface area contributed by atoms with Crippen molar-refractivity contribution in [2.24, 2.45) is 50.2 Å². The van der Waals surface area contributed by atoms with Crippen LogP contribution in [0.1, 0.15) is 100 Å². The zero-order chi connectivity index (χ0) is 31.3. The molecule has 0 spiro atoms. The van der Waals surface area contributed by atoms with Crippen LogP contribution in [0.5, 0.6) is 0 Å². The van der Waals surface area contributed by atoms with E-state index >= 15 is 0 Å². The summed E-state index contributed by atoms with van der Waals surface area (Å²) in [5.74, 6) is -0.238. The van der Waals surface area contributed by atoms with E-state index in [-0.39, 0.29) is 41.3 Å². The smallest absolute Gasteiger partial charge is 0.333 e. The fourth-order valence-corrected chi connectivity index (χ4v) is 11.3. The van der Waals surface area contributed by atoms with Crippen LogP contribution in [0.15, 0.2) is 23.3 Å². The predicted molar refractivity (Wildman–Crippen MR) is 161 cm³/mol. The maximum atomic E-state index is 12.8. The van der Waals surface area contributed by atoms with Gasteiger partial charge in [0.25, 0.3) is 0 Å². The fraction of sp³-hybridized carbons (Fsp3) is 0.857. The van der Waals surface area contributed by atoms with E-state index in [1.165, 1.54) is 5.57 Å². The molecule has 42 heavy (non-hydrogen) atoms. The topological polar surface area (TPSA) is 127 Å². The first-order chi connectivity index (χ1) is 19.4. The van der Waals surface area contributed by atoms with Crippen LogP contribution in [0.25, 0.3) is 0 Å². The third kappa shape index (κ3) is 3.98. The molecule has 7 nitrogen and oxygen atoms in total. The minimum absolute atomic E-state index is 0.0275. The molecule has 4 fully saturated rings. The van der Waals surface area contributed by atoms with E-state index in [0.717, 1.165) is 25.7 Å². The number of allylic oxidation sites excluding steroid dienone is 3. The number of carbonyl (C=O) groups excluding carboxylic acids is 1. The molecule has 0 radical (unpaired) electrons. The Hall–Kier alpha value is -1.25. The number of hydrogen-bond acceptors (Lipinski definition) is 7. The first-order valence-corrected chi connectivity index (χ1v) is 16.2. The lowest BCUT2D eigenvalue weighted by atomic mass is 9.33. The molecule has 12 atom stereocenters. The largest absolute Gasteiger partial charge is 0.462 e. The molecule has 0 amide bonds. The summed E-state index contributed by atoms with van der Waals surface area (Å²) in [5, 5.41) is 56.9. The minimum Gasteiger partial charge on any atom is -0.462 e. The molecule has 0 bridgehead atoms. The van der Waals surface area contributed by atoms with Crippen LogP contribution in [-0.4, -0.2) is 69.1 Å². The molecule has 0 aliphatic heterocycles. The van der Waals surface area contributed by atoms with Gasteiger partial charge in [0.05, 0.1) is 36.4 Å². The van der Waals surface area contributed by atoms with Gasteiger partial charge in [-0.2, -0.15) is 0 Å². The van der Waals surface area contributed by atoms with Gasteiger partial charge in [-0.1, -0.05) is 59.3 Å². The van der Waals surface area contributed by atoms with Crippen molar-refractivity contribution in [3.63, 3.8) is 0 Å². The van der Waals surface area contributed by atoms with Crippen molar-refractivity contribution in [3.05, 3.63) is 23.3 Å². The Bertz CT molecular complexity index is 1160. The second-order valence-electron chi connectivity index (χ2n) is 16.5. The summed E-state index contributed by atoms with van der Waals surface area (Å²) in [7, 11) is 0. The van der Waals surface area contributed by atoms with Gasteiger partial charge < -0.3 is 30.3 Å². The van der Waals surface area contributed by atoms with Gasteiger partial charge in [-0.15, -0.1) is 0 Å². The number of rotatable bonds is 4. The number of hydrogen-bond donors (Lipinski definition) is 5. The monoisotopic (exact) mass is 588 g/mol. The van der Waals surface area contributed by atoms with E-state index < -0.39 is 46.6 Å². The highest BCUT2D eigenvalue weighted by molar-refractivity contribution is 5.87. The van der Waals surface area contributed by atoms with Gasteiger partial charge in [0.15, 0.2) is 0 Å². The highest BCUT2D eigenvalue weighted by Crippen LogP contribution is 2.75. The highest BCUT2D eigenvalue weighted by Gasteiger charge is 2.72. The van der Waals surface area contributed by atoms with Gasteiger partial charge in [-0.05, 0) is 98.2 Å². The number of esters is 1. The molecule has 4 saturated carbocycles. The average molecular weight is 589 g/mol. The summed E-state index contributed by atoms with van der Waals surface area (Å²) in [4.78, 5) is 12.8. The van der Waals surface area contributed by atoms with Gasteiger partial charge in [-0.3, -0.25) is 0 Å². The first-order valence-electron chi connectivity index (χ1n) is 16.2. The molecule has 0 aromatic heterocycles. The molecule has 0 aromatic rings. The Morgan fingerprint density at radius 2 is 1.62 bits per heavy atom. The zero-order valence-corrected chi connectivity index (χ0v) is 27.1. The van der Waals surface area contributed by atoms with Gasteiger partial charge in [0, 0.05) is 11.0 Å². The predicted octanol–water partition coefficient (Wildman–Crippen LogP) is 4.54. The normalized spacial score (nSPS) is 51.8. The van der Waals surface area contributed by atoms with Crippen LogP contribution in [0.4, 0.5) is 0 Å². The molecule has 0 saturated heterocycles. The third-order valence-electron chi connectivity index (χ3n) is 14.5. The summed E-state index contributed by atoms with van der Waals surface area (Å²) < 4.78 is 5.82. The van der Waals surface area contributed by atoms with E-state index in [0.29, 0.717) is 30.8 Å². The Morgan fingerprint density at radius 1 is 0.952 bits per heavy atom. The minimum atomic E-state index is -1.26. The molecule has 5 aliphatic rings. The zero-order valence-electron chi connectivity index (χ0n) is 27.1. The average Bonchev–Trinajstić information content (AvgIpc) is 2.93. The van der Waals surface area contributed by atoms with Crippen molar-refractivity contribution >= 4 is 5.97 Å². The van der Waals surface area contributed by atoms with Crippen LogP contribution in [0, 0.1) is 50.2 Å². The van der Waals surface area contributed by atoms with Crippen molar-refractivity contribution in [3.8, 4) is 0 Å². The number of aliphatic hydroxyl groups is 5. The molecule has 5 aliphatic carbocycles. The van der Waals surface area contributed by atoms with Crippen molar-refractivity contribution in [2.75, 3.05) is 13.2 Å². The van der Waals surface area contributed by atoms with Crippen LogP contribution in [0.2, 0.25) is 0 Å². The number of carbonyl (C=O) groups is 1. The molecule has 238 valence electrons. The van der Waals surface area contributed by atoms with Crippen molar-refractivity contribution in [1.82, 2.24) is 0 Å². The Labute approximate surface area is 252 Å². The quantitative estimate of drug-likeness (QED) is 0.185. The fourth-order valence-electron chi connectivity index (χ4n) is 11.3. The lowest BCUT2D eigenvalue weighted by Gasteiger charge is -2.72. The summed E-state index contributed by atoms with van der Waals surface area (Å²) in [6, 6.07) is 0. The van der Waals surface area contributed by atoms with E-state index in [1.54, 1.807) is 19.9 Å². The van der Waals surface area contributed by atoms with Crippen LogP contribution in [0.3, 0.4) is 0 Å². The molecule has 0 heterocycles. The van der Waals surface area contributed by atoms with Crippen LogP contribution >= 0.6 is 0 Å². The van der Waals surface area contributed by atoms with Crippen molar-refractivity contribution in [1.29, 1.82) is 0 Å². The number of ether oxygens (including phenoxy) is 1. The maximum absolute atomic E-state index is 12.8. The molecule has 12 unspecified atom stereocenters. The van der Waals surface area contributed by atoms with Gasteiger partial charge >= 0.3 is 5.97 Å². The lowest BCUT2D eigenvalue weighted by Crippen LogP contribution is -2.72. The molecule has 7 heteroatoms. The van der Waals surface area contributed by atoms with E-state index in [1.807, 2.05) is 13.8 Å². The molecular weight excluding hydrogens is 532 g/mol. The highest BCUT2D eigenvalue weighted by atomic mass is 16.5. The summed E-state index contributed by atoms with van der Waals surface area (Å²) in [6.45, 7) is 16.3. The Balaban J connectivity index is 1.61. The number of aliphatic hydroxyl groups excluding tert-OH is 5. The van der Waals surface area contributed by atoms with Gasteiger partial charge in [0.1, 0.15) is 6.61 Å². The van der Waals surface area contributed by atoms with Crippen LogP contribution < -0.4 is 0 Å². The van der Waals surface area contributed by atoms with Crippen molar-refractivity contribution in [2.45, 2.75) is 125 Å². The summed E-state index contributed by atoms with van der Waals surface area (Å²) in [5.41, 5.74) is -1.25. The molecule has 5 N–H and O–H groups in total. The van der Waals surface area contributed by atoms with Crippen molar-refractivity contribution < 1.29 is 35.1 Å². The second kappa shape index (κ2) is 10.1. The first kappa shape index (κ1) is 32.2. The molecular formula is C35H56O7. The Morgan fingerprint density at radius 3 is 2.24 bits per heavy atom. The van der Waals surface area contributed by atoms with Gasteiger partial charge in [-0.25, -0.2) is 4.79 Å². The standard InChI is InChI=1S/C35H56O7/c1-9-20(2)29(41)42-19-35-22(16-30(3,4)27(39)28(35)40)21-10-11-24-31(5)14-13-25(37)32(6,18-36)23(31)12-15-33(24,7)34(21,8)17-26(35)38/h9-10,22-28,36-40H,11-19H2,1-8H3. The van der Waals surface area contributed by atoms with Crippen LogP contribution in [-0.2, 0) is 9.53 Å². The third-order valence-corrected chi connectivity index (χ3v) is 14.5. The maximum Gasteiger partial charge on any atom is 0.333 e. The lowest BCUT2D eigenvalue weighted by molar-refractivity contribution is -0.260. The molecule has 5 rings (SSSR count). The van der Waals surface area contributed by atoms with Gasteiger partial charge in [0.2, 0.25) is 0 Å². The van der Waals surface area contributed by atoms with E-state index in [2.05, 4.69) is 33.8 Å². The summed E-state index contributed by atoms with van der Waals surface area (Å²) >= 11 is 0.